The number of halogens is 1. The lowest BCUT2D eigenvalue weighted by Crippen LogP contribution is -1.97. The molecule has 5 heteroatoms. The van der Waals surface area contributed by atoms with Gasteiger partial charge >= 0.3 is 0 Å². The molecule has 0 atom stereocenters. The fourth-order valence-electron chi connectivity index (χ4n) is 2.14. The van der Waals surface area contributed by atoms with Gasteiger partial charge < -0.3 is 5.73 Å². The summed E-state index contributed by atoms with van der Waals surface area (Å²) in [7, 11) is 1.84. The number of rotatable bonds is 2. The quantitative estimate of drug-likeness (QED) is 0.783. The first-order valence-corrected chi connectivity index (χ1v) is 6.95. The number of anilines is 1. The molecule has 0 saturated carbocycles. The lowest BCUT2D eigenvalue weighted by Gasteiger charge is -2.04. The molecule has 0 saturated heterocycles. The Kier molecular flexibility index (Phi) is 3.28. The van der Waals surface area contributed by atoms with Gasteiger partial charge in [0.1, 0.15) is 11.5 Å². The van der Waals surface area contributed by atoms with Crippen molar-refractivity contribution in [1.29, 1.82) is 0 Å². The van der Waals surface area contributed by atoms with E-state index < -0.39 is 0 Å². The molecule has 100 valence electrons. The van der Waals surface area contributed by atoms with Gasteiger partial charge in [0.2, 0.25) is 0 Å². The van der Waals surface area contributed by atoms with E-state index in [0.29, 0.717) is 5.82 Å². The van der Waals surface area contributed by atoms with Gasteiger partial charge in [0, 0.05) is 29.5 Å². The first-order valence-electron chi connectivity index (χ1n) is 6.15. The van der Waals surface area contributed by atoms with Crippen LogP contribution < -0.4 is 5.73 Å². The normalized spacial score (nSPS) is 10.7. The van der Waals surface area contributed by atoms with Crippen LogP contribution in [0.1, 0.15) is 0 Å². The number of aromatic nitrogens is 3. The first-order chi connectivity index (χ1) is 9.66. The minimum atomic E-state index is 0.645. The predicted molar refractivity (Wildman–Crippen MR) is 84.0 cm³/mol. The number of nitrogen functional groups attached to an aromatic ring is 1. The Balaban J connectivity index is 2.22. The predicted octanol–water partition coefficient (Wildman–Crippen LogP) is 3.49. The van der Waals surface area contributed by atoms with Crippen LogP contribution in [0.2, 0.25) is 0 Å². The molecule has 1 aromatic carbocycles. The molecule has 0 aliphatic rings. The van der Waals surface area contributed by atoms with Crippen molar-refractivity contribution in [3.8, 4) is 22.4 Å². The molecule has 0 radical (unpaired) electrons. The van der Waals surface area contributed by atoms with Gasteiger partial charge in [0.05, 0.1) is 5.56 Å². The molecule has 0 bridgehead atoms. The molecule has 0 aliphatic carbocycles. The molecule has 2 heterocycles. The van der Waals surface area contributed by atoms with Crippen LogP contribution in [0.3, 0.4) is 0 Å². The highest BCUT2D eigenvalue weighted by atomic mass is 79.9. The summed E-state index contributed by atoms with van der Waals surface area (Å²) in [6.07, 6.45) is 3.54. The van der Waals surface area contributed by atoms with Crippen molar-refractivity contribution in [3.63, 3.8) is 0 Å². The highest BCUT2D eigenvalue weighted by Gasteiger charge is 2.17. The monoisotopic (exact) mass is 328 g/mol. The Labute approximate surface area is 125 Å². The average molecular weight is 329 g/mol. The van der Waals surface area contributed by atoms with Crippen molar-refractivity contribution in [2.24, 2.45) is 7.05 Å². The Bertz CT molecular complexity index is 733. The molecular formula is C15H13BrN4. The van der Waals surface area contributed by atoms with Crippen molar-refractivity contribution in [2.45, 2.75) is 0 Å². The molecule has 0 unspecified atom stereocenters. The average Bonchev–Trinajstić information content (AvgIpc) is 2.77. The second kappa shape index (κ2) is 5.09. The van der Waals surface area contributed by atoms with E-state index in [2.05, 4.69) is 26.0 Å². The molecule has 4 nitrogen and oxygen atoms in total. The van der Waals surface area contributed by atoms with Crippen molar-refractivity contribution in [1.82, 2.24) is 14.8 Å². The van der Waals surface area contributed by atoms with Crippen LogP contribution >= 0.6 is 15.9 Å². The smallest absolute Gasteiger partial charge is 0.129 e. The van der Waals surface area contributed by atoms with E-state index in [0.717, 1.165) is 26.9 Å². The summed E-state index contributed by atoms with van der Waals surface area (Å²) in [5.74, 6) is 0.645. The van der Waals surface area contributed by atoms with Crippen molar-refractivity contribution < 1.29 is 0 Å². The zero-order chi connectivity index (χ0) is 14.1. The van der Waals surface area contributed by atoms with Crippen LogP contribution in [0.15, 0.2) is 53.3 Å². The standard InChI is InChI=1S/C15H13BrN4/c1-20-15(17)13(10-4-6-12(16)7-5-10)14(19-20)11-3-2-8-18-9-11/h2-9H,17H2,1H3. The highest BCUT2D eigenvalue weighted by molar-refractivity contribution is 9.10. The van der Waals surface area contributed by atoms with Crippen LogP contribution in [0.5, 0.6) is 0 Å². The van der Waals surface area contributed by atoms with Gasteiger partial charge in [0.25, 0.3) is 0 Å². The van der Waals surface area contributed by atoms with Crippen LogP contribution in [0.4, 0.5) is 5.82 Å². The Morgan fingerprint density at radius 2 is 1.85 bits per heavy atom. The van der Waals surface area contributed by atoms with Gasteiger partial charge in [-0.2, -0.15) is 5.10 Å². The lowest BCUT2D eigenvalue weighted by molar-refractivity contribution is 0.782. The third-order valence-corrected chi connectivity index (χ3v) is 3.69. The molecule has 2 aromatic heterocycles. The van der Waals surface area contributed by atoms with Gasteiger partial charge in [0.15, 0.2) is 0 Å². The number of aryl methyl sites for hydroxylation is 1. The second-order valence-corrected chi connectivity index (χ2v) is 5.40. The Morgan fingerprint density at radius 1 is 1.10 bits per heavy atom. The maximum absolute atomic E-state index is 6.18. The third kappa shape index (κ3) is 2.20. The third-order valence-electron chi connectivity index (χ3n) is 3.16. The molecule has 2 N–H and O–H groups in total. The van der Waals surface area contributed by atoms with Gasteiger partial charge in [-0.25, -0.2) is 0 Å². The second-order valence-electron chi connectivity index (χ2n) is 4.48. The fraction of sp³-hybridized carbons (Fsp3) is 0.0667. The number of nitrogens with two attached hydrogens (primary N) is 1. The number of nitrogens with zero attached hydrogens (tertiary/aromatic N) is 3. The summed E-state index contributed by atoms with van der Waals surface area (Å²) in [5, 5.41) is 4.52. The molecule has 3 aromatic rings. The number of benzene rings is 1. The topological polar surface area (TPSA) is 56.7 Å². The van der Waals surface area contributed by atoms with E-state index in [9.17, 15) is 0 Å². The summed E-state index contributed by atoms with van der Waals surface area (Å²) in [6, 6.07) is 11.9. The first kappa shape index (κ1) is 12.9. The molecule has 0 amide bonds. The minimum Gasteiger partial charge on any atom is -0.383 e. The van der Waals surface area contributed by atoms with Gasteiger partial charge in [-0.15, -0.1) is 0 Å². The Hall–Kier alpha value is -2.14. The van der Waals surface area contributed by atoms with Gasteiger partial charge in [-0.05, 0) is 29.8 Å². The number of hydrogen-bond acceptors (Lipinski definition) is 3. The number of hydrogen-bond donors (Lipinski definition) is 1. The lowest BCUT2D eigenvalue weighted by atomic mass is 10.0. The van der Waals surface area contributed by atoms with Crippen LogP contribution in [-0.4, -0.2) is 14.8 Å². The van der Waals surface area contributed by atoms with Crippen molar-refractivity contribution in [3.05, 3.63) is 53.3 Å². The van der Waals surface area contributed by atoms with E-state index >= 15 is 0 Å². The largest absolute Gasteiger partial charge is 0.383 e. The molecule has 0 fully saturated rings. The molecule has 3 rings (SSSR count). The van der Waals surface area contributed by atoms with E-state index in [1.54, 1.807) is 17.1 Å². The van der Waals surface area contributed by atoms with E-state index in [1.165, 1.54) is 0 Å². The van der Waals surface area contributed by atoms with Crippen LogP contribution in [0.25, 0.3) is 22.4 Å². The van der Waals surface area contributed by atoms with Gasteiger partial charge in [-0.3, -0.25) is 9.67 Å². The highest BCUT2D eigenvalue weighted by Crippen LogP contribution is 2.35. The zero-order valence-electron chi connectivity index (χ0n) is 10.9. The zero-order valence-corrected chi connectivity index (χ0v) is 12.5. The molecule has 0 aliphatic heterocycles. The van der Waals surface area contributed by atoms with E-state index in [-0.39, 0.29) is 0 Å². The Morgan fingerprint density at radius 3 is 2.50 bits per heavy atom. The summed E-state index contributed by atoms with van der Waals surface area (Å²) < 4.78 is 2.73. The SMILES string of the molecule is Cn1nc(-c2cccnc2)c(-c2ccc(Br)cc2)c1N. The fourth-order valence-corrected chi connectivity index (χ4v) is 2.41. The summed E-state index contributed by atoms with van der Waals surface area (Å²) in [6.45, 7) is 0. The molecule has 0 spiro atoms. The van der Waals surface area contributed by atoms with Crippen LogP contribution in [0, 0.1) is 0 Å². The summed E-state index contributed by atoms with van der Waals surface area (Å²) >= 11 is 3.44. The summed E-state index contributed by atoms with van der Waals surface area (Å²) in [4.78, 5) is 4.15. The molecular weight excluding hydrogens is 316 g/mol. The maximum atomic E-state index is 6.18. The maximum Gasteiger partial charge on any atom is 0.129 e. The van der Waals surface area contributed by atoms with Gasteiger partial charge in [-0.1, -0.05) is 28.1 Å². The molecule has 20 heavy (non-hydrogen) atoms. The van der Waals surface area contributed by atoms with Crippen molar-refractivity contribution in [2.75, 3.05) is 5.73 Å². The number of pyridine rings is 1. The van der Waals surface area contributed by atoms with E-state index in [1.807, 2.05) is 43.4 Å². The summed E-state index contributed by atoms with van der Waals surface area (Å²) in [5.41, 5.74) is 9.96. The van der Waals surface area contributed by atoms with E-state index in [4.69, 9.17) is 5.73 Å². The van der Waals surface area contributed by atoms with Crippen molar-refractivity contribution >= 4 is 21.7 Å². The van der Waals surface area contributed by atoms with Crippen LogP contribution in [-0.2, 0) is 7.05 Å². The minimum absolute atomic E-state index is 0.645.